The van der Waals surface area contributed by atoms with Crippen molar-refractivity contribution in [3.63, 3.8) is 0 Å². The van der Waals surface area contributed by atoms with Gasteiger partial charge in [0, 0.05) is 6.54 Å². The fourth-order valence-electron chi connectivity index (χ4n) is 1.75. The molecule has 0 aromatic rings. The van der Waals surface area contributed by atoms with Gasteiger partial charge in [-0.25, -0.2) is 4.79 Å². The fraction of sp³-hybridized carbons (Fsp3) is 0.778. The van der Waals surface area contributed by atoms with Crippen molar-refractivity contribution < 1.29 is 18.0 Å². The van der Waals surface area contributed by atoms with Crippen LogP contribution in [0.3, 0.4) is 0 Å². The molecule has 1 atom stereocenters. The number of hydrogen-bond donors (Lipinski definition) is 2. The van der Waals surface area contributed by atoms with Gasteiger partial charge in [-0.15, -0.1) is 0 Å². The summed E-state index contributed by atoms with van der Waals surface area (Å²) in [5.41, 5.74) is 5.46. The molecule has 1 saturated heterocycles. The van der Waals surface area contributed by atoms with Gasteiger partial charge in [0.05, 0.1) is 11.0 Å². The van der Waals surface area contributed by atoms with Crippen LogP contribution in [0.25, 0.3) is 0 Å². The van der Waals surface area contributed by atoms with Gasteiger partial charge in [0.15, 0.2) is 0 Å². The van der Waals surface area contributed by atoms with Gasteiger partial charge in [-0.05, 0) is 19.3 Å². The molecule has 1 rings (SSSR count). The number of rotatable bonds is 2. The molecule has 98 valence electrons. The molecular weight excluding hydrogens is 255 g/mol. The molecular formula is C9H14F3N3OS. The van der Waals surface area contributed by atoms with Crippen molar-refractivity contribution in [3.05, 3.63) is 0 Å². The Bertz CT molecular complexity index is 308. The predicted octanol–water partition coefficient (Wildman–Crippen LogP) is 1.40. The number of likely N-dealkylation sites (tertiary alicyclic amines) is 1. The molecule has 1 aliphatic heterocycles. The van der Waals surface area contributed by atoms with Gasteiger partial charge in [-0.2, -0.15) is 13.2 Å². The van der Waals surface area contributed by atoms with Gasteiger partial charge in [0.25, 0.3) is 0 Å². The molecule has 0 aliphatic carbocycles. The standard InChI is InChI=1S/C9H14F3N3OS/c10-9(11,12)5-14-8(16)15-4-2-1-3-6(15)7(13)17/h6H,1-5H2,(H2,13,17)(H,14,16). The first kappa shape index (κ1) is 14.0. The second-order valence-electron chi connectivity index (χ2n) is 3.88. The van der Waals surface area contributed by atoms with Gasteiger partial charge in [-0.1, -0.05) is 12.2 Å². The van der Waals surface area contributed by atoms with Gasteiger partial charge in [0.1, 0.15) is 6.54 Å². The zero-order valence-electron chi connectivity index (χ0n) is 9.09. The van der Waals surface area contributed by atoms with Crippen molar-refractivity contribution in [1.29, 1.82) is 0 Å². The van der Waals surface area contributed by atoms with E-state index >= 15 is 0 Å². The fourth-order valence-corrected chi connectivity index (χ4v) is 1.99. The molecule has 1 fully saturated rings. The summed E-state index contributed by atoms with van der Waals surface area (Å²) in [5, 5.41) is 1.82. The second-order valence-corrected chi connectivity index (χ2v) is 4.35. The van der Waals surface area contributed by atoms with E-state index in [1.54, 1.807) is 0 Å². The van der Waals surface area contributed by atoms with Gasteiger partial charge in [-0.3, -0.25) is 0 Å². The summed E-state index contributed by atoms with van der Waals surface area (Å²) in [5.74, 6) is 0. The van der Waals surface area contributed by atoms with E-state index in [-0.39, 0.29) is 4.99 Å². The number of carbonyl (C=O) groups excluding carboxylic acids is 1. The van der Waals surface area contributed by atoms with Crippen molar-refractivity contribution >= 4 is 23.2 Å². The topological polar surface area (TPSA) is 58.4 Å². The highest BCUT2D eigenvalue weighted by Crippen LogP contribution is 2.18. The Morgan fingerprint density at radius 3 is 2.65 bits per heavy atom. The highest BCUT2D eigenvalue weighted by Gasteiger charge is 2.32. The van der Waals surface area contributed by atoms with E-state index in [2.05, 4.69) is 0 Å². The van der Waals surface area contributed by atoms with E-state index in [0.29, 0.717) is 13.0 Å². The molecule has 0 aromatic carbocycles. The van der Waals surface area contributed by atoms with Crippen LogP contribution in [-0.2, 0) is 0 Å². The zero-order valence-corrected chi connectivity index (χ0v) is 9.90. The molecule has 0 aromatic heterocycles. The van der Waals surface area contributed by atoms with Crippen molar-refractivity contribution in [1.82, 2.24) is 10.2 Å². The summed E-state index contributed by atoms with van der Waals surface area (Å²) in [4.78, 5) is 13.0. The minimum absolute atomic E-state index is 0.145. The summed E-state index contributed by atoms with van der Waals surface area (Å²) < 4.78 is 35.9. The molecule has 4 nitrogen and oxygen atoms in total. The van der Waals surface area contributed by atoms with E-state index < -0.39 is 24.8 Å². The van der Waals surface area contributed by atoms with Crippen LogP contribution in [0.15, 0.2) is 0 Å². The molecule has 1 aliphatic rings. The largest absolute Gasteiger partial charge is 0.405 e. The molecule has 0 bridgehead atoms. The van der Waals surface area contributed by atoms with Crippen LogP contribution in [0.1, 0.15) is 19.3 Å². The number of thiocarbonyl (C=S) groups is 1. The van der Waals surface area contributed by atoms with Gasteiger partial charge >= 0.3 is 12.2 Å². The lowest BCUT2D eigenvalue weighted by atomic mass is 10.0. The molecule has 0 saturated carbocycles. The maximum Gasteiger partial charge on any atom is 0.405 e. The lowest BCUT2D eigenvalue weighted by molar-refractivity contribution is -0.123. The Morgan fingerprint density at radius 1 is 1.47 bits per heavy atom. The van der Waals surface area contributed by atoms with Crippen molar-refractivity contribution in [2.75, 3.05) is 13.1 Å². The van der Waals surface area contributed by atoms with Crippen molar-refractivity contribution in [2.24, 2.45) is 5.73 Å². The van der Waals surface area contributed by atoms with Crippen LogP contribution in [-0.4, -0.2) is 41.2 Å². The maximum absolute atomic E-state index is 12.0. The lowest BCUT2D eigenvalue weighted by Gasteiger charge is -2.35. The molecule has 2 amide bonds. The number of urea groups is 1. The third-order valence-corrected chi connectivity index (χ3v) is 2.80. The van der Waals surface area contributed by atoms with E-state index in [9.17, 15) is 18.0 Å². The van der Waals surface area contributed by atoms with E-state index in [4.69, 9.17) is 18.0 Å². The van der Waals surface area contributed by atoms with Crippen LogP contribution >= 0.6 is 12.2 Å². The summed E-state index contributed by atoms with van der Waals surface area (Å²) in [6, 6.07) is -1.20. The monoisotopic (exact) mass is 269 g/mol. The number of piperidine rings is 1. The van der Waals surface area contributed by atoms with Gasteiger partial charge in [0.2, 0.25) is 0 Å². The Morgan fingerprint density at radius 2 is 2.12 bits per heavy atom. The number of alkyl halides is 3. The molecule has 0 radical (unpaired) electrons. The van der Waals surface area contributed by atoms with E-state index in [1.165, 1.54) is 4.90 Å². The zero-order chi connectivity index (χ0) is 13.1. The van der Waals surface area contributed by atoms with Crippen LogP contribution < -0.4 is 11.1 Å². The number of nitrogens with two attached hydrogens (primary N) is 1. The number of amides is 2. The average molecular weight is 269 g/mol. The predicted molar refractivity (Wildman–Crippen MR) is 60.6 cm³/mol. The number of hydrogen-bond acceptors (Lipinski definition) is 2. The van der Waals surface area contributed by atoms with E-state index in [0.717, 1.165) is 12.8 Å². The maximum atomic E-state index is 12.0. The Labute approximate surface area is 102 Å². The number of halogens is 3. The Kier molecular flexibility index (Phi) is 4.55. The highest BCUT2D eigenvalue weighted by atomic mass is 32.1. The summed E-state index contributed by atoms with van der Waals surface area (Å²) in [6.07, 6.45) is -2.19. The lowest BCUT2D eigenvalue weighted by Crippen LogP contribution is -2.54. The van der Waals surface area contributed by atoms with Crippen LogP contribution in [0.4, 0.5) is 18.0 Å². The van der Waals surface area contributed by atoms with Crippen LogP contribution in [0.2, 0.25) is 0 Å². The first-order chi connectivity index (χ1) is 7.81. The van der Waals surface area contributed by atoms with Crippen LogP contribution in [0, 0.1) is 0 Å². The second kappa shape index (κ2) is 5.52. The first-order valence-electron chi connectivity index (χ1n) is 5.22. The first-order valence-corrected chi connectivity index (χ1v) is 5.62. The SMILES string of the molecule is NC(=S)C1CCCCN1C(=O)NCC(F)(F)F. The average Bonchev–Trinajstić information content (AvgIpc) is 2.25. The van der Waals surface area contributed by atoms with Crippen LogP contribution in [0.5, 0.6) is 0 Å². The smallest absolute Gasteiger partial charge is 0.392 e. The summed E-state index contributed by atoms with van der Waals surface area (Å²) >= 11 is 4.80. The van der Waals surface area contributed by atoms with Crippen molar-refractivity contribution in [3.8, 4) is 0 Å². The Balaban J connectivity index is 2.56. The van der Waals surface area contributed by atoms with E-state index in [1.807, 2.05) is 5.32 Å². The molecule has 0 spiro atoms. The van der Waals surface area contributed by atoms with Crippen molar-refractivity contribution in [2.45, 2.75) is 31.5 Å². The molecule has 1 unspecified atom stereocenters. The highest BCUT2D eigenvalue weighted by molar-refractivity contribution is 7.80. The Hall–Kier alpha value is -1.05. The quantitative estimate of drug-likeness (QED) is 0.745. The molecule has 8 heteroatoms. The minimum Gasteiger partial charge on any atom is -0.392 e. The summed E-state index contributed by atoms with van der Waals surface area (Å²) in [6.45, 7) is -0.960. The third-order valence-electron chi connectivity index (χ3n) is 2.53. The third kappa shape index (κ3) is 4.37. The summed E-state index contributed by atoms with van der Waals surface area (Å²) in [7, 11) is 0. The molecule has 3 N–H and O–H groups in total. The number of nitrogens with one attached hydrogen (secondary N) is 1. The molecule has 1 heterocycles. The normalized spacial score (nSPS) is 21.1. The number of nitrogens with zero attached hydrogens (tertiary/aromatic N) is 1. The van der Waals surface area contributed by atoms with Gasteiger partial charge < -0.3 is 16.0 Å². The minimum atomic E-state index is -4.41. The number of carbonyl (C=O) groups is 1. The molecule has 17 heavy (non-hydrogen) atoms.